The van der Waals surface area contributed by atoms with Crippen LogP contribution in [-0.2, 0) is 5.54 Å². The Morgan fingerprint density at radius 2 is 1.80 bits per heavy atom. The molecule has 5 heteroatoms. The van der Waals surface area contributed by atoms with E-state index in [9.17, 15) is 18.0 Å². The summed E-state index contributed by atoms with van der Waals surface area (Å²) in [4.78, 5) is 10.9. The van der Waals surface area contributed by atoms with Gasteiger partial charge in [0.25, 0.3) is 5.78 Å². The Bertz CT molecular complexity index is 371. The molecule has 0 radical (unpaired) electrons. The number of alkyl halides is 3. The van der Waals surface area contributed by atoms with Gasteiger partial charge in [-0.15, -0.1) is 0 Å². The highest BCUT2D eigenvalue weighted by molar-refractivity contribution is 6.00. The third kappa shape index (κ3) is 2.61. The molecule has 1 rings (SSSR count). The van der Waals surface area contributed by atoms with Crippen LogP contribution in [0.15, 0.2) is 18.5 Å². The highest BCUT2D eigenvalue weighted by Gasteiger charge is 2.39. The van der Waals surface area contributed by atoms with Crippen molar-refractivity contribution >= 4 is 5.78 Å². The number of halogens is 3. The Hall–Kier alpha value is -1.26. The van der Waals surface area contributed by atoms with Crippen molar-refractivity contribution < 1.29 is 18.0 Å². The fraction of sp³-hybridized carbons (Fsp3) is 0.500. The average molecular weight is 219 g/mol. The molecule has 0 amide bonds. The molecule has 0 saturated heterocycles. The molecule has 1 aromatic heterocycles. The Labute approximate surface area is 85.7 Å². The van der Waals surface area contributed by atoms with Crippen molar-refractivity contribution in [2.24, 2.45) is 0 Å². The zero-order chi connectivity index (χ0) is 11.9. The Balaban J connectivity index is 3.01. The predicted molar refractivity (Wildman–Crippen MR) is 49.8 cm³/mol. The zero-order valence-corrected chi connectivity index (χ0v) is 8.72. The van der Waals surface area contributed by atoms with Gasteiger partial charge in [-0.1, -0.05) is 0 Å². The van der Waals surface area contributed by atoms with Gasteiger partial charge in [0.1, 0.15) is 0 Å². The third-order valence-electron chi connectivity index (χ3n) is 1.99. The van der Waals surface area contributed by atoms with Crippen molar-refractivity contribution in [1.29, 1.82) is 0 Å². The molecular weight excluding hydrogens is 207 g/mol. The van der Waals surface area contributed by atoms with Gasteiger partial charge < -0.3 is 4.57 Å². The minimum absolute atomic E-state index is 0.322. The third-order valence-corrected chi connectivity index (χ3v) is 1.99. The number of hydrogen-bond acceptors (Lipinski definition) is 1. The molecule has 0 bridgehead atoms. The van der Waals surface area contributed by atoms with Crippen LogP contribution in [0.4, 0.5) is 13.2 Å². The second kappa shape index (κ2) is 3.40. The summed E-state index contributed by atoms with van der Waals surface area (Å²) in [6, 6.07) is 1.18. The summed E-state index contributed by atoms with van der Waals surface area (Å²) < 4.78 is 37.8. The van der Waals surface area contributed by atoms with Gasteiger partial charge in [0.15, 0.2) is 0 Å². The Kier molecular flexibility index (Phi) is 2.67. The van der Waals surface area contributed by atoms with E-state index in [1.807, 2.05) is 20.8 Å². The number of aromatic nitrogens is 1. The smallest absolute Gasteiger partial charge is 0.348 e. The first-order valence-corrected chi connectivity index (χ1v) is 4.42. The normalized spacial score (nSPS) is 12.9. The van der Waals surface area contributed by atoms with E-state index in [-0.39, 0.29) is 11.1 Å². The SMILES string of the molecule is CC(C)(C)n1ccc(C(=O)C(F)(F)F)c1. The number of Topliss-reactive ketones (excluding diaryl/α,β-unsaturated/α-hetero) is 1. The molecule has 0 saturated carbocycles. The molecule has 0 aromatic carbocycles. The number of carbonyl (C=O) groups is 1. The molecule has 2 nitrogen and oxygen atoms in total. The minimum atomic E-state index is -4.80. The molecule has 0 aliphatic carbocycles. The minimum Gasteiger partial charge on any atom is -0.348 e. The summed E-state index contributed by atoms with van der Waals surface area (Å²) in [5.41, 5.74) is -0.651. The summed E-state index contributed by atoms with van der Waals surface area (Å²) in [7, 11) is 0. The van der Waals surface area contributed by atoms with Crippen LogP contribution in [0, 0.1) is 0 Å². The second-order valence-electron chi connectivity index (χ2n) is 4.31. The van der Waals surface area contributed by atoms with Gasteiger partial charge in [-0.2, -0.15) is 13.2 Å². The summed E-state index contributed by atoms with van der Waals surface area (Å²) >= 11 is 0. The largest absolute Gasteiger partial charge is 0.454 e. The molecule has 0 fully saturated rings. The van der Waals surface area contributed by atoms with Gasteiger partial charge >= 0.3 is 6.18 Å². The Morgan fingerprint density at radius 3 is 2.13 bits per heavy atom. The van der Waals surface area contributed by atoms with Gasteiger partial charge in [0.05, 0.1) is 0 Å². The number of rotatable bonds is 1. The lowest BCUT2D eigenvalue weighted by Gasteiger charge is -2.20. The van der Waals surface area contributed by atoms with Gasteiger partial charge in [-0.3, -0.25) is 4.79 Å². The van der Waals surface area contributed by atoms with Crippen molar-refractivity contribution in [2.45, 2.75) is 32.5 Å². The van der Waals surface area contributed by atoms with E-state index in [0.29, 0.717) is 0 Å². The molecule has 1 heterocycles. The highest BCUT2D eigenvalue weighted by Crippen LogP contribution is 2.23. The summed E-state index contributed by atoms with van der Waals surface area (Å²) in [5, 5.41) is 0. The lowest BCUT2D eigenvalue weighted by molar-refractivity contribution is -0.0885. The van der Waals surface area contributed by atoms with Crippen LogP contribution < -0.4 is 0 Å². The first-order chi connectivity index (χ1) is 6.62. The summed E-state index contributed by atoms with van der Waals surface area (Å²) in [6.45, 7) is 5.53. The van der Waals surface area contributed by atoms with Crippen LogP contribution in [0.5, 0.6) is 0 Å². The van der Waals surface area contributed by atoms with Crippen molar-refractivity contribution in [2.75, 3.05) is 0 Å². The lowest BCUT2D eigenvalue weighted by atomic mass is 10.1. The Morgan fingerprint density at radius 1 is 1.27 bits per heavy atom. The first kappa shape index (κ1) is 11.8. The summed E-state index contributed by atoms with van der Waals surface area (Å²) in [6.07, 6.45) is -2.11. The van der Waals surface area contributed by atoms with E-state index in [1.54, 1.807) is 4.57 Å². The van der Waals surface area contributed by atoms with E-state index in [1.165, 1.54) is 18.5 Å². The van der Waals surface area contributed by atoms with Crippen molar-refractivity contribution in [3.8, 4) is 0 Å². The van der Waals surface area contributed by atoms with Gasteiger partial charge in [0.2, 0.25) is 0 Å². The van der Waals surface area contributed by atoms with E-state index in [2.05, 4.69) is 0 Å². The zero-order valence-electron chi connectivity index (χ0n) is 8.72. The van der Waals surface area contributed by atoms with Crippen molar-refractivity contribution in [1.82, 2.24) is 4.57 Å². The molecule has 0 N–H and O–H groups in total. The number of carbonyl (C=O) groups excluding carboxylic acids is 1. The molecule has 0 aliphatic heterocycles. The fourth-order valence-corrected chi connectivity index (χ4v) is 1.11. The maximum Gasteiger partial charge on any atom is 0.454 e. The number of ketones is 1. The van der Waals surface area contributed by atoms with Gasteiger partial charge in [-0.25, -0.2) is 0 Å². The number of hydrogen-bond donors (Lipinski definition) is 0. The molecule has 0 aliphatic rings. The topological polar surface area (TPSA) is 22.0 Å². The van der Waals surface area contributed by atoms with E-state index >= 15 is 0 Å². The van der Waals surface area contributed by atoms with Gasteiger partial charge in [0, 0.05) is 23.5 Å². The second-order valence-corrected chi connectivity index (χ2v) is 4.31. The lowest BCUT2D eigenvalue weighted by Crippen LogP contribution is -2.23. The standard InChI is InChI=1S/C10H12F3NO/c1-9(2,3)14-5-4-7(6-14)8(15)10(11,12)13/h4-6H,1-3H3. The van der Waals surface area contributed by atoms with E-state index in [4.69, 9.17) is 0 Å². The number of nitrogens with zero attached hydrogens (tertiary/aromatic N) is 1. The van der Waals surface area contributed by atoms with Crippen LogP contribution in [0.1, 0.15) is 31.1 Å². The molecule has 84 valence electrons. The van der Waals surface area contributed by atoms with Gasteiger partial charge in [-0.05, 0) is 26.8 Å². The highest BCUT2D eigenvalue weighted by atomic mass is 19.4. The quantitative estimate of drug-likeness (QED) is 0.665. The summed E-state index contributed by atoms with van der Waals surface area (Å²) in [5.74, 6) is -1.80. The maximum atomic E-state index is 12.1. The first-order valence-electron chi connectivity index (χ1n) is 4.42. The molecule has 0 spiro atoms. The monoisotopic (exact) mass is 219 g/mol. The van der Waals surface area contributed by atoms with Crippen molar-refractivity contribution in [3.63, 3.8) is 0 Å². The molecule has 1 aromatic rings. The molecule has 15 heavy (non-hydrogen) atoms. The molecular formula is C10H12F3NO. The van der Waals surface area contributed by atoms with Crippen LogP contribution in [0.3, 0.4) is 0 Å². The fourth-order valence-electron chi connectivity index (χ4n) is 1.11. The van der Waals surface area contributed by atoms with Crippen LogP contribution in [-0.4, -0.2) is 16.5 Å². The van der Waals surface area contributed by atoms with Crippen LogP contribution in [0.2, 0.25) is 0 Å². The average Bonchev–Trinajstić information content (AvgIpc) is 2.47. The molecule has 0 unspecified atom stereocenters. The van der Waals surface area contributed by atoms with Crippen LogP contribution >= 0.6 is 0 Å². The predicted octanol–water partition coefficient (Wildman–Crippen LogP) is 2.99. The van der Waals surface area contributed by atoms with E-state index < -0.39 is 12.0 Å². The maximum absolute atomic E-state index is 12.1. The molecule has 0 atom stereocenters. The van der Waals surface area contributed by atoms with Crippen molar-refractivity contribution in [3.05, 3.63) is 24.0 Å². The van der Waals surface area contributed by atoms with E-state index in [0.717, 1.165) is 0 Å². The van der Waals surface area contributed by atoms with Crippen LogP contribution in [0.25, 0.3) is 0 Å².